The Morgan fingerprint density at radius 2 is 1.94 bits per heavy atom. The first kappa shape index (κ1) is 16.9. The summed E-state index contributed by atoms with van der Waals surface area (Å²) in [4.78, 5) is 23.0. The Balaban J connectivity index is 4.44. The lowest BCUT2D eigenvalue weighted by Crippen LogP contribution is -2.45. The zero-order valence-electron chi connectivity index (χ0n) is 11.8. The molecule has 0 aliphatic carbocycles. The largest absolute Gasteiger partial charge is 0.481 e. The van der Waals surface area contributed by atoms with Gasteiger partial charge >= 0.3 is 5.97 Å². The molecule has 0 aliphatic heterocycles. The normalized spacial score (nSPS) is 16.1. The Hall–Kier alpha value is -1.10. The first-order valence-corrected chi connectivity index (χ1v) is 6.48. The fraction of sp³-hybridized carbons (Fsp3) is 0.846. The summed E-state index contributed by atoms with van der Waals surface area (Å²) in [7, 11) is 0. The van der Waals surface area contributed by atoms with E-state index in [1.54, 1.807) is 6.92 Å². The quantitative estimate of drug-likeness (QED) is 0.610. The van der Waals surface area contributed by atoms with Crippen LogP contribution in [0.2, 0.25) is 0 Å². The second-order valence-corrected chi connectivity index (χ2v) is 5.49. The van der Waals surface area contributed by atoms with Crippen molar-refractivity contribution in [1.82, 2.24) is 5.32 Å². The molecule has 0 aromatic rings. The van der Waals surface area contributed by atoms with Crippen LogP contribution >= 0.6 is 0 Å². The third-order valence-electron chi connectivity index (χ3n) is 3.39. The van der Waals surface area contributed by atoms with Gasteiger partial charge in [-0.3, -0.25) is 9.59 Å². The molecule has 0 aromatic carbocycles. The Bertz CT molecular complexity index is 286. The highest BCUT2D eigenvalue weighted by atomic mass is 16.4. The van der Waals surface area contributed by atoms with E-state index in [4.69, 9.17) is 10.8 Å². The fourth-order valence-corrected chi connectivity index (χ4v) is 1.67. The number of amides is 1. The zero-order chi connectivity index (χ0) is 14.3. The summed E-state index contributed by atoms with van der Waals surface area (Å²) < 4.78 is 0. The van der Waals surface area contributed by atoms with Gasteiger partial charge in [-0.05, 0) is 25.7 Å². The van der Waals surface area contributed by atoms with Crippen molar-refractivity contribution < 1.29 is 14.7 Å². The van der Waals surface area contributed by atoms with Crippen LogP contribution in [0, 0.1) is 17.3 Å². The predicted molar refractivity (Wildman–Crippen MR) is 71.0 cm³/mol. The summed E-state index contributed by atoms with van der Waals surface area (Å²) in [6.45, 7) is 8.05. The van der Waals surface area contributed by atoms with Gasteiger partial charge < -0.3 is 16.2 Å². The van der Waals surface area contributed by atoms with Crippen LogP contribution < -0.4 is 11.1 Å². The van der Waals surface area contributed by atoms with Crippen molar-refractivity contribution in [3.05, 3.63) is 0 Å². The minimum absolute atomic E-state index is 0.164. The van der Waals surface area contributed by atoms with E-state index in [1.807, 2.05) is 20.8 Å². The minimum atomic E-state index is -0.866. The highest BCUT2D eigenvalue weighted by Crippen LogP contribution is 2.19. The first-order chi connectivity index (χ1) is 8.26. The van der Waals surface area contributed by atoms with Crippen LogP contribution in [0.25, 0.3) is 0 Å². The molecule has 0 aromatic heterocycles. The second-order valence-electron chi connectivity index (χ2n) is 5.49. The summed E-state index contributed by atoms with van der Waals surface area (Å²) >= 11 is 0. The van der Waals surface area contributed by atoms with Crippen molar-refractivity contribution in [3.8, 4) is 0 Å². The number of carboxylic acid groups (broad SMARTS) is 1. The number of nitrogens with two attached hydrogens (primary N) is 1. The lowest BCUT2D eigenvalue weighted by Gasteiger charge is -2.26. The number of carboxylic acids is 1. The highest BCUT2D eigenvalue weighted by Gasteiger charge is 2.30. The highest BCUT2D eigenvalue weighted by molar-refractivity contribution is 5.83. The van der Waals surface area contributed by atoms with E-state index in [0.29, 0.717) is 12.8 Å². The summed E-state index contributed by atoms with van der Waals surface area (Å²) in [6.07, 6.45) is 1.19. The number of carbonyl (C=O) groups excluding carboxylic acids is 1. The predicted octanol–water partition coefficient (Wildman–Crippen LogP) is 1.22. The third-order valence-corrected chi connectivity index (χ3v) is 3.39. The van der Waals surface area contributed by atoms with Gasteiger partial charge in [0, 0.05) is 13.1 Å². The molecule has 4 N–H and O–H groups in total. The zero-order valence-corrected chi connectivity index (χ0v) is 11.8. The summed E-state index contributed by atoms with van der Waals surface area (Å²) in [5, 5.41) is 11.8. The number of hydrogen-bond donors (Lipinski definition) is 3. The third kappa shape index (κ3) is 5.04. The molecule has 0 radical (unpaired) electrons. The fourth-order valence-electron chi connectivity index (χ4n) is 1.67. The molecule has 0 aliphatic rings. The van der Waals surface area contributed by atoms with Crippen LogP contribution in [0.15, 0.2) is 0 Å². The van der Waals surface area contributed by atoms with Crippen molar-refractivity contribution in [2.45, 2.75) is 40.5 Å². The van der Waals surface area contributed by atoms with Crippen LogP contribution in [0.3, 0.4) is 0 Å². The molecule has 2 unspecified atom stereocenters. The molecule has 18 heavy (non-hydrogen) atoms. The van der Waals surface area contributed by atoms with Crippen molar-refractivity contribution in [2.75, 3.05) is 13.1 Å². The monoisotopic (exact) mass is 258 g/mol. The van der Waals surface area contributed by atoms with Crippen LogP contribution in [-0.4, -0.2) is 30.1 Å². The van der Waals surface area contributed by atoms with E-state index in [9.17, 15) is 9.59 Å². The molecular weight excluding hydrogens is 232 g/mol. The standard InChI is InChI=1S/C13H26N2O3/c1-5-13(4,8-14)12(18)15-7-10(11(16)17)6-9(2)3/h9-10H,5-8,14H2,1-4H3,(H,15,18)(H,16,17). The van der Waals surface area contributed by atoms with Crippen LogP contribution in [0.4, 0.5) is 0 Å². The minimum Gasteiger partial charge on any atom is -0.481 e. The van der Waals surface area contributed by atoms with E-state index in [2.05, 4.69) is 5.32 Å². The smallest absolute Gasteiger partial charge is 0.308 e. The maximum Gasteiger partial charge on any atom is 0.308 e. The van der Waals surface area contributed by atoms with E-state index in [0.717, 1.165) is 0 Å². The van der Waals surface area contributed by atoms with E-state index in [1.165, 1.54) is 0 Å². The summed E-state index contributed by atoms with van der Waals surface area (Å²) in [5.74, 6) is -1.28. The van der Waals surface area contributed by atoms with Gasteiger partial charge in [-0.15, -0.1) is 0 Å². The Morgan fingerprint density at radius 3 is 2.28 bits per heavy atom. The molecule has 0 saturated carbocycles. The number of hydrogen-bond acceptors (Lipinski definition) is 3. The molecule has 0 spiro atoms. The van der Waals surface area contributed by atoms with Gasteiger partial charge in [0.15, 0.2) is 0 Å². The summed E-state index contributed by atoms with van der Waals surface area (Å²) in [5.41, 5.74) is 4.98. The number of carbonyl (C=O) groups is 2. The molecule has 0 saturated heterocycles. The van der Waals surface area contributed by atoms with Crippen LogP contribution in [0.5, 0.6) is 0 Å². The maximum atomic E-state index is 12.0. The SMILES string of the molecule is CCC(C)(CN)C(=O)NCC(CC(C)C)C(=O)O. The molecule has 1 amide bonds. The molecule has 106 valence electrons. The Morgan fingerprint density at radius 1 is 1.39 bits per heavy atom. The van der Waals surface area contributed by atoms with Crippen molar-refractivity contribution in [1.29, 1.82) is 0 Å². The topological polar surface area (TPSA) is 92.4 Å². The lowest BCUT2D eigenvalue weighted by atomic mass is 9.86. The maximum absolute atomic E-state index is 12.0. The molecule has 2 atom stereocenters. The van der Waals surface area contributed by atoms with Gasteiger partial charge in [-0.2, -0.15) is 0 Å². The number of rotatable bonds is 8. The second kappa shape index (κ2) is 7.36. The van der Waals surface area contributed by atoms with Gasteiger partial charge in [0.25, 0.3) is 0 Å². The van der Waals surface area contributed by atoms with Crippen molar-refractivity contribution in [3.63, 3.8) is 0 Å². The molecule has 0 bridgehead atoms. The lowest BCUT2D eigenvalue weighted by molar-refractivity contribution is -0.142. The molecule has 0 rings (SSSR count). The first-order valence-electron chi connectivity index (χ1n) is 6.48. The van der Waals surface area contributed by atoms with Gasteiger partial charge in [0.1, 0.15) is 0 Å². The molecule has 5 heteroatoms. The van der Waals surface area contributed by atoms with Gasteiger partial charge in [-0.25, -0.2) is 0 Å². The van der Waals surface area contributed by atoms with E-state index < -0.39 is 17.3 Å². The molecule has 0 heterocycles. The summed E-state index contributed by atoms with van der Waals surface area (Å²) in [6, 6.07) is 0. The van der Waals surface area contributed by atoms with Gasteiger partial charge in [-0.1, -0.05) is 20.8 Å². The number of aliphatic carboxylic acids is 1. The Labute approximate surface area is 109 Å². The molecule has 5 nitrogen and oxygen atoms in total. The van der Waals surface area contributed by atoms with Crippen LogP contribution in [-0.2, 0) is 9.59 Å². The van der Waals surface area contributed by atoms with E-state index in [-0.39, 0.29) is 24.9 Å². The molecular formula is C13H26N2O3. The Kier molecular flexibility index (Phi) is 6.91. The van der Waals surface area contributed by atoms with Crippen molar-refractivity contribution in [2.24, 2.45) is 23.0 Å². The van der Waals surface area contributed by atoms with Crippen molar-refractivity contribution >= 4 is 11.9 Å². The van der Waals surface area contributed by atoms with Crippen LogP contribution in [0.1, 0.15) is 40.5 Å². The average Bonchev–Trinajstić information content (AvgIpc) is 2.32. The number of nitrogens with one attached hydrogen (secondary N) is 1. The van der Waals surface area contributed by atoms with Gasteiger partial charge in [0.05, 0.1) is 11.3 Å². The average molecular weight is 258 g/mol. The van der Waals surface area contributed by atoms with Gasteiger partial charge in [0.2, 0.25) is 5.91 Å². The van der Waals surface area contributed by atoms with E-state index >= 15 is 0 Å². The molecule has 0 fully saturated rings.